The van der Waals surface area contributed by atoms with Crippen LogP contribution in [0.3, 0.4) is 0 Å². The third-order valence-corrected chi connectivity index (χ3v) is 16.9. The van der Waals surface area contributed by atoms with Crippen LogP contribution >= 0.6 is 22.6 Å². The number of rotatable bonds is 15. The molecule has 410 valence electrons. The lowest BCUT2D eigenvalue weighted by atomic mass is 9.77. The Balaban J connectivity index is 1.17. The average molecular weight is 1140 g/mol. The van der Waals surface area contributed by atoms with E-state index in [1.165, 1.54) is 20.4 Å². The van der Waals surface area contributed by atoms with Crippen molar-refractivity contribution in [3.63, 3.8) is 0 Å². The van der Waals surface area contributed by atoms with E-state index in [0.29, 0.717) is 39.1 Å². The number of aliphatic hydroxyl groups excluding tert-OH is 3. The summed E-state index contributed by atoms with van der Waals surface area (Å²) in [5.74, 6) is -2.04. The summed E-state index contributed by atoms with van der Waals surface area (Å²) in [6.45, 7) is 17.8. The molecule has 6 rings (SSSR count). The van der Waals surface area contributed by atoms with Crippen LogP contribution in [0.15, 0.2) is 49.2 Å². The van der Waals surface area contributed by atoms with Crippen molar-refractivity contribution in [3.8, 4) is 16.9 Å². The Bertz CT molecular complexity index is 2180. The molecule has 0 spiro atoms. The normalized spacial score (nSPS) is 38.6. The summed E-state index contributed by atoms with van der Waals surface area (Å²) in [5, 5.41) is 68.1. The number of carbonyl (C=O) groups excluding carboxylic acids is 1. The SMILES string of the molecule is CO[C@]1(C)C[C@H](O[C@H]2[C@H](C)[C@@H](O[C@@H]3O[C@H](C)C[C@H](N(C)CCc4cn(CCCOc5ccc(-c6cncnc6)cc5)nn4)[C@H]3O)[C@](C)(O)C[C@@H](C)CN(C)[C@H](C)[C@@H](O)[C@](C)(O)[C@@H](I)OC(=O)[C@@H]2C)O[C@@H](C)[C@@H]1O. The highest BCUT2D eigenvalue weighted by Gasteiger charge is 2.53. The van der Waals surface area contributed by atoms with E-state index < -0.39 is 100 Å². The van der Waals surface area contributed by atoms with E-state index in [2.05, 4.69) is 25.2 Å². The standard InChI is InChI=1S/C52H82IN7O13/c1-30-23-50(7,65)46(32(3)43(71-41-24-51(8,67-12)45(63)35(6)70-41)33(4)47(64)73-49(53)52(9,66)44(62)34(5)59(11)27-30)72-48-42(61)40(22-31(2)69-48)58(10)20-18-38-28-60(57-56-38)19-13-21-68-39-16-14-36(15-17-39)37-25-54-29-55-26-37/h14-17,25-26,28-35,40-46,48-49,61-63,65-66H,13,18-24,27H2,1-12H3/t30-,31-,32+,33-,34-,35+,40+,41+,42-,43+,44-,45+,46-,48+,49+,50-,51-,52+/m1/s1. The molecular weight excluding hydrogens is 1060 g/mol. The van der Waals surface area contributed by atoms with Crippen LogP contribution in [0.1, 0.15) is 93.7 Å². The van der Waals surface area contributed by atoms with Crippen LogP contribution in [0.4, 0.5) is 0 Å². The van der Waals surface area contributed by atoms with Gasteiger partial charge in [-0.05, 0) is 122 Å². The van der Waals surface area contributed by atoms with Gasteiger partial charge in [-0.15, -0.1) is 5.10 Å². The predicted molar refractivity (Wildman–Crippen MR) is 278 cm³/mol. The third-order valence-electron chi connectivity index (χ3n) is 15.4. The zero-order chi connectivity index (χ0) is 53.6. The lowest BCUT2D eigenvalue weighted by molar-refractivity contribution is -0.318. The fraction of sp³-hybridized carbons (Fsp3) is 0.750. The van der Waals surface area contributed by atoms with E-state index in [1.54, 1.807) is 51.7 Å². The zero-order valence-corrected chi connectivity index (χ0v) is 46.8. The molecule has 73 heavy (non-hydrogen) atoms. The van der Waals surface area contributed by atoms with Crippen molar-refractivity contribution in [2.45, 2.75) is 189 Å². The Morgan fingerprint density at radius 3 is 2.29 bits per heavy atom. The quantitative estimate of drug-likeness (QED) is 0.0625. The summed E-state index contributed by atoms with van der Waals surface area (Å²) in [7, 11) is 5.27. The van der Waals surface area contributed by atoms with Crippen LogP contribution in [-0.4, -0.2) is 195 Å². The van der Waals surface area contributed by atoms with Gasteiger partial charge in [0.05, 0.1) is 53.8 Å². The van der Waals surface area contributed by atoms with Crippen molar-refractivity contribution < 1.29 is 63.5 Å². The highest BCUT2D eigenvalue weighted by Crippen LogP contribution is 2.40. The maximum absolute atomic E-state index is 14.3. The van der Waals surface area contributed by atoms with E-state index in [1.807, 2.05) is 92.8 Å². The van der Waals surface area contributed by atoms with Crippen LogP contribution in [0.2, 0.25) is 0 Å². The number of benzene rings is 1. The number of nitrogens with zero attached hydrogens (tertiary/aromatic N) is 7. The first-order valence-electron chi connectivity index (χ1n) is 25.6. The molecule has 0 unspecified atom stereocenters. The minimum Gasteiger partial charge on any atom is -0.494 e. The molecule has 21 heteroatoms. The fourth-order valence-corrected chi connectivity index (χ4v) is 11.3. The van der Waals surface area contributed by atoms with E-state index in [-0.39, 0.29) is 24.9 Å². The third kappa shape index (κ3) is 14.7. The molecule has 3 saturated heterocycles. The molecule has 20 nitrogen and oxygen atoms in total. The van der Waals surface area contributed by atoms with Crippen LogP contribution in [0, 0.1) is 17.8 Å². The summed E-state index contributed by atoms with van der Waals surface area (Å²) < 4.78 is 44.7. The number of likely N-dealkylation sites (N-methyl/N-ethyl adjacent to an activating group) is 2. The molecule has 3 fully saturated rings. The maximum atomic E-state index is 14.3. The summed E-state index contributed by atoms with van der Waals surface area (Å²) in [6, 6.07) is 6.82. The number of aryl methyl sites for hydroxylation is 1. The molecule has 3 aromatic rings. The molecule has 3 aliphatic heterocycles. The number of hydrogen-bond acceptors (Lipinski definition) is 19. The predicted octanol–water partition coefficient (Wildman–Crippen LogP) is 4.01. The largest absolute Gasteiger partial charge is 0.494 e. The molecule has 0 radical (unpaired) electrons. The topological polar surface area (TPSA) is 246 Å². The summed E-state index contributed by atoms with van der Waals surface area (Å²) in [6.07, 6.45) is 0.109. The molecule has 0 bridgehead atoms. The zero-order valence-electron chi connectivity index (χ0n) is 44.7. The molecule has 18 atom stereocenters. The smallest absolute Gasteiger partial charge is 0.312 e. The van der Waals surface area contributed by atoms with Crippen molar-refractivity contribution in [1.29, 1.82) is 0 Å². The van der Waals surface area contributed by atoms with Gasteiger partial charge in [-0.25, -0.2) is 9.97 Å². The number of aromatic nitrogens is 5. The van der Waals surface area contributed by atoms with E-state index >= 15 is 0 Å². The molecule has 3 aliphatic rings. The molecule has 5 N–H and O–H groups in total. The van der Waals surface area contributed by atoms with Gasteiger partial charge in [-0.2, -0.15) is 0 Å². The van der Waals surface area contributed by atoms with Crippen molar-refractivity contribution in [2.24, 2.45) is 17.8 Å². The first-order valence-corrected chi connectivity index (χ1v) is 26.9. The number of halogens is 1. The van der Waals surface area contributed by atoms with E-state index in [0.717, 1.165) is 29.0 Å². The summed E-state index contributed by atoms with van der Waals surface area (Å²) in [4.78, 5) is 26.5. The average Bonchev–Trinajstić information content (AvgIpc) is 3.81. The van der Waals surface area contributed by atoms with Gasteiger partial charge in [0.2, 0.25) is 0 Å². The number of alkyl halides is 1. The van der Waals surface area contributed by atoms with Gasteiger partial charge >= 0.3 is 5.97 Å². The van der Waals surface area contributed by atoms with Gasteiger partial charge in [0.1, 0.15) is 36.0 Å². The van der Waals surface area contributed by atoms with Gasteiger partial charge in [0.15, 0.2) is 16.7 Å². The molecule has 5 heterocycles. The molecule has 0 saturated carbocycles. The molecule has 0 amide bonds. The minimum atomic E-state index is -1.86. The Morgan fingerprint density at radius 1 is 0.932 bits per heavy atom. The monoisotopic (exact) mass is 1140 g/mol. The number of ether oxygens (including phenoxy) is 7. The molecular formula is C52H82IN7O13. The van der Waals surface area contributed by atoms with Crippen LogP contribution < -0.4 is 4.74 Å². The molecule has 1 aromatic carbocycles. The van der Waals surface area contributed by atoms with E-state index in [9.17, 15) is 30.3 Å². The van der Waals surface area contributed by atoms with Crippen LogP contribution in [0.5, 0.6) is 5.75 Å². The minimum absolute atomic E-state index is 0.100. The Morgan fingerprint density at radius 2 is 1.62 bits per heavy atom. The second kappa shape index (κ2) is 25.4. The van der Waals surface area contributed by atoms with Crippen LogP contribution in [-0.2, 0) is 46.2 Å². The number of cyclic esters (lactones) is 1. The maximum Gasteiger partial charge on any atom is 0.312 e. The number of esters is 1. The van der Waals surface area contributed by atoms with Gasteiger partial charge in [0, 0.05) is 88.2 Å². The first kappa shape index (κ1) is 59.2. The Hall–Kier alpha value is -3.04. The van der Waals surface area contributed by atoms with Crippen LogP contribution in [0.25, 0.3) is 11.1 Å². The Kier molecular flexibility index (Phi) is 20.6. The molecule has 0 aliphatic carbocycles. The highest BCUT2D eigenvalue weighted by atomic mass is 127. The van der Waals surface area contributed by atoms with E-state index in [4.69, 9.17) is 33.2 Å². The number of carbonyl (C=O) groups is 1. The van der Waals surface area contributed by atoms with Crippen molar-refractivity contribution in [3.05, 3.63) is 54.9 Å². The first-order chi connectivity index (χ1) is 34.3. The van der Waals surface area contributed by atoms with Crippen molar-refractivity contribution >= 4 is 28.6 Å². The number of hydrogen-bond donors (Lipinski definition) is 5. The van der Waals surface area contributed by atoms with Gasteiger partial charge in [-0.1, -0.05) is 31.2 Å². The summed E-state index contributed by atoms with van der Waals surface area (Å²) >= 11 is 1.83. The molecule has 2 aromatic heterocycles. The fourth-order valence-electron chi connectivity index (χ4n) is 10.7. The van der Waals surface area contributed by atoms with Crippen molar-refractivity contribution in [1.82, 2.24) is 34.8 Å². The lowest BCUT2D eigenvalue weighted by Crippen LogP contribution is -2.60. The number of aliphatic hydroxyl groups is 5. The van der Waals surface area contributed by atoms with Gasteiger partial charge in [0.25, 0.3) is 0 Å². The summed E-state index contributed by atoms with van der Waals surface area (Å²) in [5.41, 5.74) is -1.81. The second-order valence-electron chi connectivity index (χ2n) is 21.7. The number of methoxy groups -OCH3 is 1. The second-order valence-corrected chi connectivity index (χ2v) is 22.8. The van der Waals surface area contributed by atoms with Gasteiger partial charge in [-0.3, -0.25) is 9.48 Å². The lowest BCUT2D eigenvalue weighted by Gasteiger charge is -2.49. The highest BCUT2D eigenvalue weighted by molar-refractivity contribution is 14.1. The Labute approximate surface area is 444 Å². The van der Waals surface area contributed by atoms with Gasteiger partial charge < -0.3 is 68.5 Å². The van der Waals surface area contributed by atoms with Crippen molar-refractivity contribution in [2.75, 3.05) is 40.9 Å².